The van der Waals surface area contributed by atoms with Crippen LogP contribution in [-0.2, 0) is 18.1 Å². The smallest absolute Gasteiger partial charge is 0.356 e. The Bertz CT molecular complexity index is 204. The topological polar surface area (TPSA) is 56.8 Å². The van der Waals surface area contributed by atoms with Crippen LogP contribution in [0.5, 0.6) is 0 Å². The van der Waals surface area contributed by atoms with Crippen molar-refractivity contribution in [2.24, 2.45) is 0 Å². The summed E-state index contributed by atoms with van der Waals surface area (Å²) in [5.74, 6) is -0.0926. The molecule has 5 nitrogen and oxygen atoms in total. The molecule has 0 heterocycles. The molecule has 0 aromatic rings. The number of hydrogen-bond donors (Lipinski definition) is 1. The Kier molecular flexibility index (Phi) is 10.2. The number of rotatable bonds is 11. The van der Waals surface area contributed by atoms with E-state index in [0.29, 0.717) is 26.2 Å². The molecule has 0 spiro atoms. The summed E-state index contributed by atoms with van der Waals surface area (Å²) in [7, 11) is -3.04. The molecule has 0 aliphatic heterocycles. The lowest BCUT2D eigenvalue weighted by molar-refractivity contribution is -0.121. The molecule has 0 saturated carbocycles. The Morgan fingerprint density at radius 3 is 1.56 bits per heavy atom. The fourth-order valence-electron chi connectivity index (χ4n) is 1.20. The first-order chi connectivity index (χ1) is 8.64. The summed E-state index contributed by atoms with van der Waals surface area (Å²) >= 11 is 0. The maximum absolute atomic E-state index is 11.6. The Balaban J connectivity index is 4.66. The van der Waals surface area contributed by atoms with Crippen molar-refractivity contribution in [3.63, 3.8) is 0 Å². The first-order valence-electron chi connectivity index (χ1n) is 6.86. The molecule has 0 atom stereocenters. The Morgan fingerprint density at radius 2 is 1.28 bits per heavy atom. The van der Waals surface area contributed by atoms with E-state index in [1.165, 1.54) is 0 Å². The molecule has 1 amide bonds. The van der Waals surface area contributed by atoms with Crippen molar-refractivity contribution in [2.45, 2.75) is 53.4 Å². The summed E-state index contributed by atoms with van der Waals surface area (Å²) in [5, 5.41) is 0. The summed E-state index contributed by atoms with van der Waals surface area (Å²) in [4.78, 5) is 14.4. The minimum Gasteiger partial charge on any atom is -0.356 e. The summed E-state index contributed by atoms with van der Waals surface area (Å²) in [5.41, 5.74) is 0. The number of nitrogens with one attached hydrogen (secondary N) is 1. The zero-order valence-corrected chi connectivity index (χ0v) is 13.1. The summed E-state index contributed by atoms with van der Waals surface area (Å²) in [6, 6.07) is 0. The van der Waals surface area contributed by atoms with Crippen molar-refractivity contribution in [1.82, 2.24) is 4.98 Å². The zero-order chi connectivity index (χ0) is 13.9. The van der Waals surface area contributed by atoms with Crippen LogP contribution in [0.4, 0.5) is 0 Å². The predicted molar refractivity (Wildman–Crippen MR) is 72.9 cm³/mol. The van der Waals surface area contributed by atoms with Crippen molar-refractivity contribution >= 4 is 14.9 Å². The third-order valence-electron chi connectivity index (χ3n) is 2.10. The van der Waals surface area contributed by atoms with Crippen molar-refractivity contribution in [3.05, 3.63) is 0 Å². The van der Waals surface area contributed by atoms with E-state index >= 15 is 0 Å². The Hall–Kier alpha value is -0.433. The van der Waals surface area contributed by atoms with E-state index in [1.807, 2.05) is 20.8 Å². The van der Waals surface area contributed by atoms with Gasteiger partial charge in [-0.25, -0.2) is 0 Å². The van der Waals surface area contributed by atoms with Crippen LogP contribution >= 0.6 is 0 Å². The quantitative estimate of drug-likeness (QED) is 0.588. The van der Waals surface area contributed by atoms with Crippen LogP contribution in [0.25, 0.3) is 0 Å². The highest BCUT2D eigenvalue weighted by Gasteiger charge is 2.44. The minimum atomic E-state index is -3.04. The number of amides is 1. The van der Waals surface area contributed by atoms with Gasteiger partial charge in [0.15, 0.2) is 0 Å². The summed E-state index contributed by atoms with van der Waals surface area (Å²) in [6.07, 6.45) is 2.99. The molecule has 1 N–H and O–H groups in total. The van der Waals surface area contributed by atoms with Crippen LogP contribution in [0.3, 0.4) is 0 Å². The van der Waals surface area contributed by atoms with Gasteiger partial charge >= 0.3 is 8.97 Å². The van der Waals surface area contributed by atoms with Gasteiger partial charge in [-0.15, -0.1) is 0 Å². The molecule has 18 heavy (non-hydrogen) atoms. The first-order valence-corrected chi connectivity index (χ1v) is 8.59. The van der Waals surface area contributed by atoms with Crippen molar-refractivity contribution in [1.29, 1.82) is 0 Å². The molecule has 0 saturated heterocycles. The second kappa shape index (κ2) is 10.5. The molecule has 0 radical (unpaired) electrons. The zero-order valence-electron chi connectivity index (χ0n) is 12.1. The van der Waals surface area contributed by atoms with Crippen LogP contribution in [0.1, 0.15) is 53.4 Å². The lowest BCUT2D eigenvalue weighted by Gasteiger charge is -2.28. The van der Waals surface area contributed by atoms with Gasteiger partial charge in [0.25, 0.3) is 0 Å². The molecule has 0 unspecified atom stereocenters. The van der Waals surface area contributed by atoms with Gasteiger partial charge in [0.05, 0.1) is 0 Å². The highest BCUT2D eigenvalue weighted by atomic mass is 28.4. The molecule has 6 heteroatoms. The van der Waals surface area contributed by atoms with E-state index in [-0.39, 0.29) is 5.91 Å². The number of hydrogen-bond acceptors (Lipinski definition) is 4. The third-order valence-corrected chi connectivity index (χ3v) is 4.44. The second-order valence-electron chi connectivity index (χ2n) is 4.00. The van der Waals surface area contributed by atoms with E-state index in [1.54, 1.807) is 6.92 Å². The molecule has 0 aliphatic carbocycles. The number of carbonyl (C=O) groups is 1. The normalized spacial score (nSPS) is 11.6. The monoisotopic (exact) mass is 277 g/mol. The van der Waals surface area contributed by atoms with Crippen LogP contribution < -0.4 is 4.98 Å². The predicted octanol–water partition coefficient (Wildman–Crippen LogP) is 2.23. The van der Waals surface area contributed by atoms with Crippen molar-refractivity contribution in [2.75, 3.05) is 19.8 Å². The highest BCUT2D eigenvalue weighted by molar-refractivity contribution is 6.60. The SMILES string of the molecule is CCCO[Si](NC(=O)CC)(OCCC)OCCC. The molecule has 0 bridgehead atoms. The van der Waals surface area contributed by atoms with E-state index in [0.717, 1.165) is 19.3 Å². The highest BCUT2D eigenvalue weighted by Crippen LogP contribution is 2.09. The van der Waals surface area contributed by atoms with Gasteiger partial charge in [0.2, 0.25) is 5.91 Å². The van der Waals surface area contributed by atoms with E-state index < -0.39 is 8.97 Å². The van der Waals surface area contributed by atoms with Gasteiger partial charge in [0.1, 0.15) is 0 Å². The van der Waals surface area contributed by atoms with Gasteiger partial charge in [-0.05, 0) is 19.3 Å². The maximum atomic E-state index is 11.6. The van der Waals surface area contributed by atoms with Gasteiger partial charge in [-0.2, -0.15) is 0 Å². The lowest BCUT2D eigenvalue weighted by atomic mass is 10.5. The third kappa shape index (κ3) is 7.10. The van der Waals surface area contributed by atoms with Gasteiger partial charge in [-0.1, -0.05) is 27.7 Å². The van der Waals surface area contributed by atoms with E-state index in [2.05, 4.69) is 4.98 Å². The molecule has 0 aromatic heterocycles. The average Bonchev–Trinajstić information content (AvgIpc) is 2.40. The lowest BCUT2D eigenvalue weighted by Crippen LogP contribution is -2.61. The standard InChI is InChI=1S/C12H27NO4Si/c1-5-9-15-18(16-10-6-2,17-11-7-3)13-12(14)8-4/h5-11H2,1-4H3,(H,13,14). The van der Waals surface area contributed by atoms with Crippen LogP contribution in [-0.4, -0.2) is 34.7 Å². The first kappa shape index (κ1) is 17.6. The molecule has 0 aliphatic rings. The van der Waals surface area contributed by atoms with Crippen LogP contribution in [0.2, 0.25) is 0 Å². The largest absolute Gasteiger partial charge is 0.633 e. The molecule has 0 aromatic carbocycles. The van der Waals surface area contributed by atoms with Gasteiger partial charge in [-0.3, -0.25) is 4.79 Å². The Labute approximate surface area is 112 Å². The van der Waals surface area contributed by atoms with Crippen molar-refractivity contribution < 1.29 is 18.1 Å². The number of carbonyl (C=O) groups excluding carboxylic acids is 1. The molecule has 0 rings (SSSR count). The maximum Gasteiger partial charge on any atom is 0.633 e. The van der Waals surface area contributed by atoms with Gasteiger partial charge < -0.3 is 18.3 Å². The van der Waals surface area contributed by atoms with E-state index in [4.69, 9.17) is 13.3 Å². The van der Waals surface area contributed by atoms with E-state index in [9.17, 15) is 4.79 Å². The molecule has 0 fully saturated rings. The minimum absolute atomic E-state index is 0.0926. The van der Waals surface area contributed by atoms with Crippen molar-refractivity contribution in [3.8, 4) is 0 Å². The second-order valence-corrected chi connectivity index (χ2v) is 6.23. The molecular formula is C12H27NO4Si. The van der Waals surface area contributed by atoms with Crippen LogP contribution in [0, 0.1) is 0 Å². The fraction of sp³-hybridized carbons (Fsp3) is 0.917. The Morgan fingerprint density at radius 1 is 0.889 bits per heavy atom. The summed E-state index contributed by atoms with van der Waals surface area (Å²) in [6.45, 7) is 9.44. The average molecular weight is 277 g/mol. The van der Waals surface area contributed by atoms with Crippen LogP contribution in [0.15, 0.2) is 0 Å². The molecular weight excluding hydrogens is 250 g/mol. The molecule has 108 valence electrons. The summed E-state index contributed by atoms with van der Waals surface area (Å²) < 4.78 is 17.2. The van der Waals surface area contributed by atoms with Gasteiger partial charge in [0, 0.05) is 26.2 Å². The fourth-order valence-corrected chi connectivity index (χ4v) is 3.61.